The first-order chi connectivity index (χ1) is 7.31. The topological polar surface area (TPSA) is 68.4 Å². The van der Waals surface area contributed by atoms with E-state index in [1.807, 2.05) is 0 Å². The number of benzene rings is 1. The van der Waals surface area contributed by atoms with Crippen LogP contribution in [0.25, 0.3) is 11.5 Å². The largest absolute Gasteiger partial charge is 0.507 e. The van der Waals surface area contributed by atoms with Crippen LogP contribution in [-0.2, 0) is 11.3 Å². The van der Waals surface area contributed by atoms with Gasteiger partial charge >= 0.3 is 0 Å². The zero-order valence-electron chi connectivity index (χ0n) is 8.17. The van der Waals surface area contributed by atoms with Crippen LogP contribution in [0.3, 0.4) is 0 Å². The molecule has 78 valence electrons. The van der Waals surface area contributed by atoms with Gasteiger partial charge in [-0.05, 0) is 12.1 Å². The Bertz CT molecular complexity index is 453. The lowest BCUT2D eigenvalue weighted by Gasteiger charge is -1.96. The Kier molecular flexibility index (Phi) is 2.64. The van der Waals surface area contributed by atoms with Crippen molar-refractivity contribution < 1.29 is 14.4 Å². The first-order valence-corrected chi connectivity index (χ1v) is 4.41. The summed E-state index contributed by atoms with van der Waals surface area (Å²) in [6.07, 6.45) is 0. The third-order valence-electron chi connectivity index (χ3n) is 1.88. The Balaban J connectivity index is 2.33. The molecule has 1 aromatic heterocycles. The fourth-order valence-electron chi connectivity index (χ4n) is 1.21. The molecule has 0 aliphatic carbocycles. The smallest absolute Gasteiger partial charge is 0.261 e. The molecule has 0 bridgehead atoms. The highest BCUT2D eigenvalue weighted by molar-refractivity contribution is 5.61. The average molecular weight is 206 g/mol. The minimum atomic E-state index is 0.116. The molecular weight excluding hydrogens is 196 g/mol. The molecule has 0 spiro atoms. The van der Waals surface area contributed by atoms with E-state index in [4.69, 9.17) is 9.26 Å². The van der Waals surface area contributed by atoms with Gasteiger partial charge in [0.2, 0.25) is 0 Å². The van der Waals surface area contributed by atoms with Crippen LogP contribution in [0.1, 0.15) is 5.82 Å². The number of nitrogens with zero attached hydrogens (tertiary/aromatic N) is 2. The standard InChI is InChI=1S/C10H10N2O3/c1-14-6-9-11-10(15-12-9)7-4-2-3-5-8(7)13/h2-5,13H,6H2,1H3. The molecule has 5 nitrogen and oxygen atoms in total. The summed E-state index contributed by atoms with van der Waals surface area (Å²) in [6, 6.07) is 6.79. The number of hydrogen-bond acceptors (Lipinski definition) is 5. The van der Waals surface area contributed by atoms with E-state index in [0.29, 0.717) is 17.3 Å². The van der Waals surface area contributed by atoms with Crippen LogP contribution in [-0.4, -0.2) is 22.4 Å². The molecule has 2 rings (SSSR count). The molecule has 1 N–H and O–H groups in total. The van der Waals surface area contributed by atoms with Gasteiger partial charge in [0.05, 0.1) is 5.56 Å². The number of methoxy groups -OCH3 is 1. The Morgan fingerprint density at radius 3 is 2.93 bits per heavy atom. The molecule has 5 heteroatoms. The van der Waals surface area contributed by atoms with Crippen LogP contribution in [0.15, 0.2) is 28.8 Å². The molecule has 0 aliphatic heterocycles. The van der Waals surface area contributed by atoms with Gasteiger partial charge < -0.3 is 14.4 Å². The predicted molar refractivity (Wildman–Crippen MR) is 52.1 cm³/mol. The van der Waals surface area contributed by atoms with E-state index in [2.05, 4.69) is 10.1 Å². The first-order valence-electron chi connectivity index (χ1n) is 4.41. The summed E-state index contributed by atoms with van der Waals surface area (Å²) in [4.78, 5) is 4.07. The van der Waals surface area contributed by atoms with Gasteiger partial charge in [-0.15, -0.1) is 0 Å². The van der Waals surface area contributed by atoms with E-state index >= 15 is 0 Å². The summed E-state index contributed by atoms with van der Waals surface area (Å²) in [5.74, 6) is 0.862. The quantitative estimate of drug-likeness (QED) is 0.825. The second-order valence-electron chi connectivity index (χ2n) is 2.97. The van der Waals surface area contributed by atoms with E-state index in [9.17, 15) is 5.11 Å². The van der Waals surface area contributed by atoms with Crippen molar-refractivity contribution in [1.29, 1.82) is 0 Å². The van der Waals surface area contributed by atoms with Crippen molar-refractivity contribution in [2.24, 2.45) is 0 Å². The number of aromatic hydroxyl groups is 1. The molecule has 0 amide bonds. The van der Waals surface area contributed by atoms with Crippen LogP contribution in [0.2, 0.25) is 0 Å². The van der Waals surface area contributed by atoms with Crippen molar-refractivity contribution in [3.63, 3.8) is 0 Å². The Hall–Kier alpha value is -1.88. The maximum absolute atomic E-state index is 9.54. The highest BCUT2D eigenvalue weighted by atomic mass is 16.5. The van der Waals surface area contributed by atoms with Crippen molar-refractivity contribution in [3.8, 4) is 17.2 Å². The zero-order chi connectivity index (χ0) is 10.7. The highest BCUT2D eigenvalue weighted by Gasteiger charge is 2.11. The van der Waals surface area contributed by atoms with E-state index in [-0.39, 0.29) is 12.4 Å². The molecule has 1 aromatic carbocycles. The molecule has 0 saturated carbocycles. The number of aromatic nitrogens is 2. The molecule has 0 radical (unpaired) electrons. The molecule has 0 aliphatic rings. The highest BCUT2D eigenvalue weighted by Crippen LogP contribution is 2.26. The molecule has 0 fully saturated rings. The molecule has 2 aromatic rings. The van der Waals surface area contributed by atoms with Crippen molar-refractivity contribution in [3.05, 3.63) is 30.1 Å². The molecule has 0 unspecified atom stereocenters. The molecule has 0 atom stereocenters. The Morgan fingerprint density at radius 1 is 1.40 bits per heavy atom. The Morgan fingerprint density at radius 2 is 2.20 bits per heavy atom. The van der Waals surface area contributed by atoms with Gasteiger partial charge in [0.1, 0.15) is 12.4 Å². The van der Waals surface area contributed by atoms with Crippen molar-refractivity contribution in [2.75, 3.05) is 7.11 Å². The van der Waals surface area contributed by atoms with Crippen molar-refractivity contribution >= 4 is 0 Å². The monoisotopic (exact) mass is 206 g/mol. The van der Waals surface area contributed by atoms with Gasteiger partial charge in [-0.3, -0.25) is 0 Å². The van der Waals surface area contributed by atoms with E-state index in [0.717, 1.165) is 0 Å². The lowest BCUT2D eigenvalue weighted by atomic mass is 10.2. The number of ether oxygens (including phenoxy) is 1. The van der Waals surface area contributed by atoms with Gasteiger partial charge in [-0.1, -0.05) is 17.3 Å². The minimum absolute atomic E-state index is 0.116. The van der Waals surface area contributed by atoms with Gasteiger partial charge in [-0.2, -0.15) is 4.98 Å². The fourth-order valence-corrected chi connectivity index (χ4v) is 1.21. The zero-order valence-corrected chi connectivity index (χ0v) is 8.17. The maximum Gasteiger partial charge on any atom is 0.261 e. The third kappa shape index (κ3) is 1.97. The summed E-state index contributed by atoms with van der Waals surface area (Å²) >= 11 is 0. The van der Waals surface area contributed by atoms with Crippen molar-refractivity contribution in [1.82, 2.24) is 10.1 Å². The number of para-hydroxylation sites is 1. The first kappa shape index (κ1) is 9.67. The molecule has 15 heavy (non-hydrogen) atoms. The predicted octanol–water partition coefficient (Wildman–Crippen LogP) is 1.59. The summed E-state index contributed by atoms with van der Waals surface area (Å²) in [7, 11) is 1.55. The van der Waals surface area contributed by atoms with E-state index in [1.165, 1.54) is 0 Å². The minimum Gasteiger partial charge on any atom is -0.507 e. The van der Waals surface area contributed by atoms with Crippen LogP contribution < -0.4 is 0 Å². The van der Waals surface area contributed by atoms with E-state index < -0.39 is 0 Å². The van der Waals surface area contributed by atoms with Gasteiger partial charge in [0.15, 0.2) is 5.82 Å². The van der Waals surface area contributed by atoms with Crippen LogP contribution in [0, 0.1) is 0 Å². The van der Waals surface area contributed by atoms with Crippen molar-refractivity contribution in [2.45, 2.75) is 6.61 Å². The number of hydrogen-bond donors (Lipinski definition) is 1. The van der Waals surface area contributed by atoms with E-state index in [1.54, 1.807) is 31.4 Å². The Labute approximate surface area is 86.3 Å². The summed E-state index contributed by atoms with van der Waals surface area (Å²) in [5.41, 5.74) is 0.521. The average Bonchev–Trinajstić information content (AvgIpc) is 2.68. The number of phenols is 1. The van der Waals surface area contributed by atoms with Gasteiger partial charge in [0.25, 0.3) is 5.89 Å². The fraction of sp³-hybridized carbons (Fsp3) is 0.200. The molecular formula is C10H10N2O3. The van der Waals surface area contributed by atoms with Crippen LogP contribution >= 0.6 is 0 Å². The normalized spacial score (nSPS) is 10.5. The molecule has 0 saturated heterocycles. The van der Waals surface area contributed by atoms with Gasteiger partial charge in [0, 0.05) is 7.11 Å². The SMILES string of the molecule is COCc1noc(-c2ccccc2O)n1. The molecule has 1 heterocycles. The lowest BCUT2D eigenvalue weighted by Crippen LogP contribution is -1.89. The van der Waals surface area contributed by atoms with Gasteiger partial charge in [-0.25, -0.2) is 0 Å². The van der Waals surface area contributed by atoms with Crippen LogP contribution in [0.5, 0.6) is 5.75 Å². The number of rotatable bonds is 3. The summed E-state index contributed by atoms with van der Waals surface area (Å²) in [6.45, 7) is 0.289. The second-order valence-corrected chi connectivity index (χ2v) is 2.97. The summed E-state index contributed by atoms with van der Waals surface area (Å²) in [5, 5.41) is 13.2. The van der Waals surface area contributed by atoms with Crippen LogP contribution in [0.4, 0.5) is 0 Å². The summed E-state index contributed by atoms with van der Waals surface area (Å²) < 4.78 is 9.84. The third-order valence-corrected chi connectivity index (χ3v) is 1.88. The maximum atomic E-state index is 9.54. The number of phenolic OH excluding ortho intramolecular Hbond substituents is 1. The lowest BCUT2D eigenvalue weighted by molar-refractivity contribution is 0.174. The second kappa shape index (κ2) is 4.10.